The summed E-state index contributed by atoms with van der Waals surface area (Å²) in [5.74, 6) is -0.0939. The first kappa shape index (κ1) is 27.2. The summed E-state index contributed by atoms with van der Waals surface area (Å²) in [4.78, 5) is 33.3. The van der Waals surface area contributed by atoms with Crippen LogP contribution in [0.3, 0.4) is 0 Å². The second-order valence-corrected chi connectivity index (χ2v) is 11.2. The smallest absolute Gasteiger partial charge is 0.338 e. The van der Waals surface area contributed by atoms with Crippen molar-refractivity contribution in [1.29, 1.82) is 0 Å². The Balaban J connectivity index is 1.41. The molecule has 1 saturated heterocycles. The molecule has 2 aromatic carbocycles. The molecule has 5 rings (SSSR count). The van der Waals surface area contributed by atoms with Crippen molar-refractivity contribution in [2.75, 3.05) is 13.2 Å². The summed E-state index contributed by atoms with van der Waals surface area (Å²) < 4.78 is 11.4. The van der Waals surface area contributed by atoms with Crippen LogP contribution in [0.2, 0.25) is 0 Å². The fourth-order valence-electron chi connectivity index (χ4n) is 5.07. The Kier molecular flexibility index (Phi) is 8.53. The zero-order valence-corrected chi connectivity index (χ0v) is 23.5. The second-order valence-electron chi connectivity index (χ2n) is 10.4. The fraction of sp³-hybridized carbons (Fsp3) is 0.387. The summed E-state index contributed by atoms with van der Waals surface area (Å²) in [6, 6.07) is 17.5. The number of aliphatic imine (C=N–C) groups is 1. The number of carbonyl (C=O) groups is 2. The molecule has 0 bridgehead atoms. The fourth-order valence-corrected chi connectivity index (χ4v) is 6.03. The van der Waals surface area contributed by atoms with Crippen molar-refractivity contribution in [2.24, 2.45) is 4.99 Å². The SMILES string of the molecule is CC1=C(C(=O)OCc2ccccc2)[C@@H](c2ccc(C(C)C)cc2)N2C(CC(=O)NC[C@@H]3CCCO3)=CSC2=N1. The van der Waals surface area contributed by atoms with Crippen LogP contribution in [0, 0.1) is 0 Å². The van der Waals surface area contributed by atoms with Crippen molar-refractivity contribution in [3.05, 3.63) is 93.7 Å². The summed E-state index contributed by atoms with van der Waals surface area (Å²) >= 11 is 1.48. The highest BCUT2D eigenvalue weighted by molar-refractivity contribution is 8.16. The molecule has 0 radical (unpaired) electrons. The van der Waals surface area contributed by atoms with Crippen LogP contribution in [0.5, 0.6) is 0 Å². The number of nitrogens with one attached hydrogen (secondary N) is 1. The van der Waals surface area contributed by atoms with Gasteiger partial charge in [0, 0.05) is 18.8 Å². The van der Waals surface area contributed by atoms with Crippen molar-refractivity contribution in [3.8, 4) is 0 Å². The van der Waals surface area contributed by atoms with Gasteiger partial charge in [0.15, 0.2) is 5.17 Å². The lowest BCUT2D eigenvalue weighted by atomic mass is 9.92. The molecule has 39 heavy (non-hydrogen) atoms. The Morgan fingerprint density at radius 1 is 1.15 bits per heavy atom. The predicted molar refractivity (Wildman–Crippen MR) is 154 cm³/mol. The number of allylic oxidation sites excluding steroid dienone is 1. The lowest BCUT2D eigenvalue weighted by molar-refractivity contribution is -0.141. The average molecular weight is 546 g/mol. The van der Waals surface area contributed by atoms with Crippen LogP contribution < -0.4 is 5.32 Å². The van der Waals surface area contributed by atoms with Gasteiger partial charge in [0.1, 0.15) is 6.61 Å². The Bertz CT molecular complexity index is 1290. The summed E-state index contributed by atoms with van der Waals surface area (Å²) in [7, 11) is 0. The van der Waals surface area contributed by atoms with E-state index in [0.717, 1.165) is 41.4 Å². The Morgan fingerprint density at radius 2 is 1.92 bits per heavy atom. The van der Waals surface area contributed by atoms with Gasteiger partial charge in [-0.2, -0.15) is 0 Å². The normalized spacial score (nSPS) is 20.6. The molecule has 1 fully saturated rings. The average Bonchev–Trinajstić information content (AvgIpc) is 3.60. The van der Waals surface area contributed by atoms with Crippen LogP contribution in [0.1, 0.15) is 68.7 Å². The third-order valence-corrected chi connectivity index (χ3v) is 8.13. The third kappa shape index (κ3) is 6.28. The second kappa shape index (κ2) is 12.2. The standard InChI is InChI=1S/C31H35N3O4S/c1-20(2)23-11-13-24(14-12-23)29-28(30(36)38-18-22-8-5-4-6-9-22)21(3)33-31-34(29)25(19-39-31)16-27(35)32-17-26-10-7-15-37-26/h4-6,8-9,11-14,19-20,26,29H,7,10,15-18H2,1-3H3,(H,32,35)/t26-,29+/m0/s1. The number of thioether (sulfide) groups is 1. The summed E-state index contributed by atoms with van der Waals surface area (Å²) in [6.45, 7) is 7.60. The lowest BCUT2D eigenvalue weighted by Gasteiger charge is -2.36. The molecule has 0 aromatic heterocycles. The summed E-state index contributed by atoms with van der Waals surface area (Å²) in [5.41, 5.74) is 5.01. The highest BCUT2D eigenvalue weighted by Crippen LogP contribution is 2.45. The van der Waals surface area contributed by atoms with Gasteiger partial charge < -0.3 is 19.7 Å². The van der Waals surface area contributed by atoms with E-state index in [-0.39, 0.29) is 25.0 Å². The summed E-state index contributed by atoms with van der Waals surface area (Å²) in [6.07, 6.45) is 2.26. The largest absolute Gasteiger partial charge is 0.457 e. The van der Waals surface area contributed by atoms with Gasteiger partial charge in [0.25, 0.3) is 0 Å². The molecule has 1 amide bonds. The first-order valence-corrected chi connectivity index (χ1v) is 14.4. The number of nitrogens with zero attached hydrogens (tertiary/aromatic N) is 2. The van der Waals surface area contributed by atoms with Crippen molar-refractivity contribution < 1.29 is 19.1 Å². The van der Waals surface area contributed by atoms with Crippen LogP contribution in [0.15, 0.2) is 82.0 Å². The van der Waals surface area contributed by atoms with Gasteiger partial charge in [-0.1, -0.05) is 80.2 Å². The first-order chi connectivity index (χ1) is 18.9. The van der Waals surface area contributed by atoms with Crippen LogP contribution in [-0.2, 0) is 25.7 Å². The monoisotopic (exact) mass is 545 g/mol. The van der Waals surface area contributed by atoms with Crippen molar-refractivity contribution in [3.63, 3.8) is 0 Å². The number of rotatable bonds is 9. The Labute approximate surface area is 234 Å². The van der Waals surface area contributed by atoms with E-state index in [1.807, 2.05) is 47.6 Å². The van der Waals surface area contributed by atoms with E-state index in [1.54, 1.807) is 0 Å². The maximum absolute atomic E-state index is 13.6. The number of hydrogen-bond acceptors (Lipinski definition) is 7. The number of fused-ring (bicyclic) bond motifs is 1. The van der Waals surface area contributed by atoms with Crippen molar-refractivity contribution >= 4 is 28.8 Å². The lowest BCUT2D eigenvalue weighted by Crippen LogP contribution is -2.38. The summed E-state index contributed by atoms with van der Waals surface area (Å²) in [5, 5.41) is 5.74. The molecule has 8 heteroatoms. The van der Waals surface area contributed by atoms with Gasteiger partial charge in [-0.25, -0.2) is 9.79 Å². The van der Waals surface area contributed by atoms with Gasteiger partial charge in [-0.3, -0.25) is 4.79 Å². The number of ether oxygens (including phenoxy) is 2. The van der Waals surface area contributed by atoms with Crippen LogP contribution in [0.25, 0.3) is 0 Å². The molecule has 0 aliphatic carbocycles. The number of hydrogen-bond donors (Lipinski definition) is 1. The van der Waals surface area contributed by atoms with E-state index in [2.05, 4.69) is 43.4 Å². The zero-order valence-electron chi connectivity index (χ0n) is 22.7. The quantitative estimate of drug-likeness (QED) is 0.401. The van der Waals surface area contributed by atoms with Crippen LogP contribution in [0.4, 0.5) is 0 Å². The first-order valence-electron chi connectivity index (χ1n) is 13.5. The van der Waals surface area contributed by atoms with Gasteiger partial charge in [0.05, 0.1) is 29.8 Å². The minimum Gasteiger partial charge on any atom is -0.457 e. The Morgan fingerprint density at radius 3 is 2.62 bits per heavy atom. The number of amides is 1. The highest BCUT2D eigenvalue weighted by Gasteiger charge is 2.41. The van der Waals surface area contributed by atoms with E-state index in [1.165, 1.54) is 17.3 Å². The Hall–Kier alpha value is -3.36. The topological polar surface area (TPSA) is 80.2 Å². The maximum atomic E-state index is 13.6. The molecule has 3 aliphatic rings. The maximum Gasteiger partial charge on any atom is 0.338 e. The van der Waals surface area contributed by atoms with Gasteiger partial charge in [-0.15, -0.1) is 0 Å². The number of amidine groups is 1. The molecule has 0 saturated carbocycles. The predicted octanol–water partition coefficient (Wildman–Crippen LogP) is 5.81. The molecule has 3 heterocycles. The molecule has 2 atom stereocenters. The molecular formula is C31H35N3O4S. The van der Waals surface area contributed by atoms with E-state index in [0.29, 0.717) is 23.7 Å². The molecular weight excluding hydrogens is 510 g/mol. The van der Waals surface area contributed by atoms with E-state index in [9.17, 15) is 9.59 Å². The van der Waals surface area contributed by atoms with Gasteiger partial charge >= 0.3 is 5.97 Å². The van der Waals surface area contributed by atoms with Crippen LogP contribution in [-0.4, -0.2) is 41.2 Å². The number of esters is 1. The van der Waals surface area contributed by atoms with E-state index < -0.39 is 12.0 Å². The molecule has 3 aliphatic heterocycles. The van der Waals surface area contributed by atoms with E-state index >= 15 is 0 Å². The minimum absolute atomic E-state index is 0.0769. The van der Waals surface area contributed by atoms with Gasteiger partial charge in [0.2, 0.25) is 5.91 Å². The number of benzene rings is 2. The molecule has 2 aromatic rings. The molecule has 1 N–H and O–H groups in total. The van der Waals surface area contributed by atoms with Crippen LogP contribution >= 0.6 is 11.8 Å². The van der Waals surface area contributed by atoms with E-state index in [4.69, 9.17) is 14.5 Å². The molecule has 0 unspecified atom stereocenters. The molecule has 0 spiro atoms. The molecule has 204 valence electrons. The third-order valence-electron chi connectivity index (χ3n) is 7.24. The zero-order chi connectivity index (χ0) is 27.4. The van der Waals surface area contributed by atoms with Gasteiger partial charge in [-0.05, 0) is 47.8 Å². The molecule has 7 nitrogen and oxygen atoms in total. The number of carbonyl (C=O) groups excluding carboxylic acids is 2. The minimum atomic E-state index is -0.450. The van der Waals surface area contributed by atoms with Crippen molar-refractivity contribution in [2.45, 2.75) is 64.7 Å². The van der Waals surface area contributed by atoms with Crippen molar-refractivity contribution in [1.82, 2.24) is 10.2 Å². The highest BCUT2D eigenvalue weighted by atomic mass is 32.2.